The van der Waals surface area contributed by atoms with Crippen LogP contribution in [0, 0.1) is 5.41 Å². The highest BCUT2D eigenvalue weighted by Gasteiger charge is 2.29. The molecule has 0 unspecified atom stereocenters. The first-order valence-corrected chi connectivity index (χ1v) is 7.19. The van der Waals surface area contributed by atoms with E-state index in [0.717, 1.165) is 31.9 Å². The maximum atomic E-state index is 4.56. The molecule has 0 saturated heterocycles. The minimum Gasteiger partial charge on any atom is -0.333 e. The Balaban J connectivity index is 2.01. The van der Waals surface area contributed by atoms with Crippen LogP contribution in [-0.4, -0.2) is 33.3 Å². The van der Waals surface area contributed by atoms with Gasteiger partial charge in [0.2, 0.25) is 0 Å². The summed E-state index contributed by atoms with van der Waals surface area (Å²) >= 11 is 4.56. The van der Waals surface area contributed by atoms with E-state index in [1.165, 1.54) is 18.7 Å². The summed E-state index contributed by atoms with van der Waals surface area (Å²) in [6.45, 7) is 8.92. The summed E-state index contributed by atoms with van der Waals surface area (Å²) in [6.07, 6.45) is 6.40. The molecular formula is C13H23N3S. The van der Waals surface area contributed by atoms with Crippen molar-refractivity contribution in [3.63, 3.8) is 0 Å². The zero-order chi connectivity index (χ0) is 12.3. The largest absolute Gasteiger partial charge is 0.333 e. The molecule has 0 aromatic carbocycles. The highest BCUT2D eigenvalue weighted by Crippen LogP contribution is 2.30. The number of hydrogen-bond donors (Lipinski definition) is 1. The summed E-state index contributed by atoms with van der Waals surface area (Å²) in [5, 5.41) is 0. The fraction of sp³-hybridized carbons (Fsp3) is 0.769. The Morgan fingerprint density at radius 3 is 2.76 bits per heavy atom. The van der Waals surface area contributed by atoms with E-state index < -0.39 is 0 Å². The lowest BCUT2D eigenvalue weighted by Crippen LogP contribution is -2.42. The van der Waals surface area contributed by atoms with E-state index in [4.69, 9.17) is 0 Å². The molecule has 0 fully saturated rings. The van der Waals surface area contributed by atoms with Gasteiger partial charge in [-0.1, -0.05) is 13.8 Å². The molecule has 0 amide bonds. The van der Waals surface area contributed by atoms with Gasteiger partial charge in [0.25, 0.3) is 0 Å². The molecule has 0 radical (unpaired) electrons. The van der Waals surface area contributed by atoms with E-state index >= 15 is 0 Å². The van der Waals surface area contributed by atoms with E-state index in [0.29, 0.717) is 5.41 Å². The van der Waals surface area contributed by atoms with Crippen LogP contribution >= 0.6 is 12.6 Å². The molecule has 2 rings (SSSR count). The third kappa shape index (κ3) is 2.68. The van der Waals surface area contributed by atoms with E-state index in [2.05, 4.69) is 47.1 Å². The van der Waals surface area contributed by atoms with Crippen LogP contribution in [0.25, 0.3) is 0 Å². The van der Waals surface area contributed by atoms with Crippen molar-refractivity contribution in [2.24, 2.45) is 5.41 Å². The molecule has 2 heterocycles. The zero-order valence-electron chi connectivity index (χ0n) is 10.9. The molecule has 1 aliphatic heterocycles. The summed E-state index contributed by atoms with van der Waals surface area (Å²) in [7, 11) is 0. The molecule has 96 valence electrons. The predicted molar refractivity (Wildman–Crippen MR) is 74.4 cm³/mol. The fourth-order valence-electron chi connectivity index (χ4n) is 2.58. The van der Waals surface area contributed by atoms with E-state index in [-0.39, 0.29) is 0 Å². The van der Waals surface area contributed by atoms with Crippen LogP contribution in [0.1, 0.15) is 32.5 Å². The van der Waals surface area contributed by atoms with Gasteiger partial charge in [0, 0.05) is 32.0 Å². The predicted octanol–water partition coefficient (Wildman–Crippen LogP) is 2.43. The molecule has 17 heavy (non-hydrogen) atoms. The first-order valence-electron chi connectivity index (χ1n) is 6.56. The van der Waals surface area contributed by atoms with E-state index in [9.17, 15) is 0 Å². The normalized spacial score (nSPS) is 17.1. The van der Waals surface area contributed by atoms with Crippen molar-refractivity contribution < 1.29 is 0 Å². The maximum Gasteiger partial charge on any atom is 0.122 e. The first kappa shape index (κ1) is 13.0. The number of imidazole rings is 1. The summed E-state index contributed by atoms with van der Waals surface area (Å²) < 4.78 is 2.26. The van der Waals surface area contributed by atoms with Crippen molar-refractivity contribution in [2.45, 2.75) is 39.8 Å². The van der Waals surface area contributed by atoms with Crippen molar-refractivity contribution >= 4 is 12.6 Å². The second-order valence-corrected chi connectivity index (χ2v) is 5.43. The van der Waals surface area contributed by atoms with Crippen LogP contribution in [0.3, 0.4) is 0 Å². The van der Waals surface area contributed by atoms with Gasteiger partial charge in [-0.2, -0.15) is 12.6 Å². The van der Waals surface area contributed by atoms with Crippen molar-refractivity contribution in [1.82, 2.24) is 14.5 Å². The number of thiol groups is 1. The lowest BCUT2D eigenvalue weighted by molar-refractivity contribution is 0.129. The molecule has 0 spiro atoms. The second-order valence-electron chi connectivity index (χ2n) is 5.11. The number of aromatic nitrogens is 2. The van der Waals surface area contributed by atoms with Crippen LogP contribution in [-0.2, 0) is 13.1 Å². The quantitative estimate of drug-likeness (QED) is 0.814. The Kier molecular flexibility index (Phi) is 4.15. The van der Waals surface area contributed by atoms with Gasteiger partial charge in [0.05, 0.1) is 6.54 Å². The molecule has 0 bridgehead atoms. The zero-order valence-corrected chi connectivity index (χ0v) is 11.8. The van der Waals surface area contributed by atoms with Crippen molar-refractivity contribution in [2.75, 3.05) is 18.8 Å². The monoisotopic (exact) mass is 253 g/mol. The summed E-state index contributed by atoms with van der Waals surface area (Å²) in [5.74, 6) is 2.18. The molecule has 3 nitrogen and oxygen atoms in total. The van der Waals surface area contributed by atoms with Crippen LogP contribution in [0.15, 0.2) is 12.4 Å². The van der Waals surface area contributed by atoms with E-state index in [1.54, 1.807) is 0 Å². The molecule has 1 aromatic rings. The van der Waals surface area contributed by atoms with Gasteiger partial charge in [0.1, 0.15) is 5.82 Å². The van der Waals surface area contributed by atoms with Gasteiger partial charge in [-0.05, 0) is 24.0 Å². The lowest BCUT2D eigenvalue weighted by Gasteiger charge is -2.38. The lowest BCUT2D eigenvalue weighted by atomic mass is 9.83. The Morgan fingerprint density at radius 2 is 2.12 bits per heavy atom. The maximum absolute atomic E-state index is 4.56. The smallest absolute Gasteiger partial charge is 0.122 e. The molecule has 0 saturated carbocycles. The third-order valence-corrected chi connectivity index (χ3v) is 4.89. The third-order valence-electron chi connectivity index (χ3n) is 4.22. The summed E-state index contributed by atoms with van der Waals surface area (Å²) in [6, 6.07) is 0. The van der Waals surface area contributed by atoms with Crippen LogP contribution in [0.4, 0.5) is 0 Å². The highest BCUT2D eigenvalue weighted by molar-refractivity contribution is 7.80. The minimum absolute atomic E-state index is 0.373. The van der Waals surface area contributed by atoms with Crippen molar-refractivity contribution in [1.29, 1.82) is 0 Å². The van der Waals surface area contributed by atoms with Crippen LogP contribution < -0.4 is 0 Å². The van der Waals surface area contributed by atoms with Gasteiger partial charge < -0.3 is 4.57 Å². The summed E-state index contributed by atoms with van der Waals surface area (Å²) in [4.78, 5) is 6.95. The second kappa shape index (κ2) is 5.44. The number of hydrogen-bond acceptors (Lipinski definition) is 3. The average Bonchev–Trinajstić information content (AvgIpc) is 2.83. The Morgan fingerprint density at radius 1 is 1.35 bits per heavy atom. The van der Waals surface area contributed by atoms with Crippen LogP contribution in [0.5, 0.6) is 0 Å². The minimum atomic E-state index is 0.373. The highest BCUT2D eigenvalue weighted by atomic mass is 32.1. The molecular weight excluding hydrogens is 230 g/mol. The Bertz CT molecular complexity index is 349. The van der Waals surface area contributed by atoms with Gasteiger partial charge in [-0.25, -0.2) is 4.98 Å². The average molecular weight is 253 g/mol. The first-order chi connectivity index (χ1) is 8.23. The van der Waals surface area contributed by atoms with Crippen LogP contribution in [0.2, 0.25) is 0 Å². The Labute approximate surface area is 110 Å². The van der Waals surface area contributed by atoms with Crippen molar-refractivity contribution in [3.05, 3.63) is 18.2 Å². The molecule has 0 atom stereocenters. The number of fused-ring (bicyclic) bond motifs is 1. The van der Waals surface area contributed by atoms with Gasteiger partial charge in [-0.15, -0.1) is 0 Å². The number of rotatable bonds is 5. The Hall–Kier alpha value is -0.480. The molecule has 0 N–H and O–H groups in total. The van der Waals surface area contributed by atoms with Crippen molar-refractivity contribution in [3.8, 4) is 0 Å². The molecule has 4 heteroatoms. The van der Waals surface area contributed by atoms with Gasteiger partial charge in [0.15, 0.2) is 0 Å². The molecule has 1 aliphatic rings. The van der Waals surface area contributed by atoms with Gasteiger partial charge in [-0.3, -0.25) is 4.90 Å². The number of nitrogens with zero attached hydrogens (tertiary/aromatic N) is 3. The van der Waals surface area contributed by atoms with Gasteiger partial charge >= 0.3 is 0 Å². The SMILES string of the molecule is CCC(CC)(CS)CN1CCn2ccnc2C1. The fourth-order valence-corrected chi connectivity index (χ4v) is 3.13. The topological polar surface area (TPSA) is 21.1 Å². The standard InChI is InChI=1S/C13H23N3S/c1-3-13(4-2,11-17)10-15-7-8-16-6-5-14-12(16)9-15/h5-6,17H,3-4,7-11H2,1-2H3. The summed E-state index contributed by atoms with van der Waals surface area (Å²) in [5.41, 5.74) is 0.373. The molecule has 1 aromatic heterocycles. The molecule has 0 aliphatic carbocycles. The van der Waals surface area contributed by atoms with E-state index in [1.807, 2.05) is 6.20 Å².